The van der Waals surface area contributed by atoms with Crippen LogP contribution in [-0.2, 0) is 24.0 Å². The van der Waals surface area contributed by atoms with Gasteiger partial charge in [0.05, 0.1) is 24.9 Å². The Morgan fingerprint density at radius 2 is 1.40 bits per heavy atom. The number of rotatable bonds is 11. The summed E-state index contributed by atoms with van der Waals surface area (Å²) in [5.41, 5.74) is 2.47. The second-order valence-corrected chi connectivity index (χ2v) is 7.20. The molecular formula is C20H34O5. The highest BCUT2D eigenvalue weighted by atomic mass is 17.2. The van der Waals surface area contributed by atoms with Crippen molar-refractivity contribution in [3.05, 3.63) is 18.6 Å². The van der Waals surface area contributed by atoms with Gasteiger partial charge in [-0.1, -0.05) is 19.2 Å². The van der Waals surface area contributed by atoms with Crippen molar-refractivity contribution in [3.8, 4) is 0 Å². The fourth-order valence-corrected chi connectivity index (χ4v) is 3.48. The van der Waals surface area contributed by atoms with Gasteiger partial charge in [0.15, 0.2) is 6.26 Å². The van der Waals surface area contributed by atoms with Crippen LogP contribution < -0.4 is 0 Å². The number of hydrogen-bond acceptors (Lipinski definition) is 5. The van der Waals surface area contributed by atoms with Crippen LogP contribution in [0.15, 0.2) is 18.6 Å². The zero-order valence-corrected chi connectivity index (χ0v) is 15.6. The van der Waals surface area contributed by atoms with E-state index in [1.165, 1.54) is 31.9 Å². The molecule has 0 saturated heterocycles. The molecule has 2 aliphatic carbocycles. The second-order valence-electron chi connectivity index (χ2n) is 7.20. The number of hydrogen-bond donors (Lipinski definition) is 0. The predicted octanol–water partition coefficient (Wildman–Crippen LogP) is 4.52. The van der Waals surface area contributed by atoms with Gasteiger partial charge in [-0.2, -0.15) is 4.89 Å². The summed E-state index contributed by atoms with van der Waals surface area (Å²) in [7, 11) is 0. The van der Waals surface area contributed by atoms with Crippen LogP contribution in [0.4, 0.5) is 0 Å². The van der Waals surface area contributed by atoms with Crippen molar-refractivity contribution in [2.45, 2.75) is 83.0 Å². The monoisotopic (exact) mass is 354 g/mol. The van der Waals surface area contributed by atoms with Gasteiger partial charge < -0.3 is 19.1 Å². The molecule has 0 spiro atoms. The third kappa shape index (κ3) is 8.89. The molecule has 25 heavy (non-hydrogen) atoms. The van der Waals surface area contributed by atoms with Crippen LogP contribution in [0.2, 0.25) is 0 Å². The average molecular weight is 354 g/mol. The van der Waals surface area contributed by atoms with Crippen molar-refractivity contribution < 1.29 is 24.0 Å². The van der Waals surface area contributed by atoms with Crippen LogP contribution in [0.3, 0.4) is 0 Å². The molecular weight excluding hydrogens is 320 g/mol. The summed E-state index contributed by atoms with van der Waals surface area (Å²) in [5.74, 6) is 0.860. The van der Waals surface area contributed by atoms with Crippen LogP contribution in [0, 0.1) is 5.92 Å². The fraction of sp³-hybridized carbons (Fsp3) is 0.850. The molecule has 0 aromatic heterocycles. The molecule has 2 saturated carbocycles. The lowest BCUT2D eigenvalue weighted by Gasteiger charge is -2.30. The van der Waals surface area contributed by atoms with Crippen LogP contribution in [0.5, 0.6) is 0 Å². The first-order valence-electron chi connectivity index (χ1n) is 9.75. The minimum absolute atomic E-state index is 0.324. The van der Waals surface area contributed by atoms with Gasteiger partial charge in [-0.25, -0.2) is 0 Å². The van der Waals surface area contributed by atoms with E-state index in [1.54, 1.807) is 0 Å². The maximum Gasteiger partial charge on any atom is 0.171 e. The molecule has 2 rings (SSSR count). The highest BCUT2D eigenvalue weighted by Crippen LogP contribution is 2.27. The lowest BCUT2D eigenvalue weighted by Crippen LogP contribution is -2.29. The highest BCUT2D eigenvalue weighted by Gasteiger charge is 2.23. The first-order valence-corrected chi connectivity index (χ1v) is 9.75. The Bertz CT molecular complexity index is 378. The summed E-state index contributed by atoms with van der Waals surface area (Å²) in [6.07, 6.45) is 12.3. The normalized spacial score (nSPS) is 29.8. The van der Waals surface area contributed by atoms with Crippen molar-refractivity contribution in [1.82, 2.24) is 0 Å². The predicted molar refractivity (Wildman–Crippen MR) is 95.8 cm³/mol. The second kappa shape index (κ2) is 12.5. The fourth-order valence-electron chi connectivity index (χ4n) is 3.48. The van der Waals surface area contributed by atoms with Gasteiger partial charge in [0.25, 0.3) is 0 Å². The summed E-state index contributed by atoms with van der Waals surface area (Å²) >= 11 is 0. The van der Waals surface area contributed by atoms with E-state index in [4.69, 9.17) is 24.0 Å². The molecule has 0 bridgehead atoms. The minimum Gasteiger partial charge on any atom is -0.378 e. The van der Waals surface area contributed by atoms with Crippen molar-refractivity contribution in [3.63, 3.8) is 0 Å². The van der Waals surface area contributed by atoms with Crippen molar-refractivity contribution >= 4 is 0 Å². The molecule has 2 aliphatic rings. The van der Waals surface area contributed by atoms with E-state index in [2.05, 4.69) is 19.2 Å². The van der Waals surface area contributed by atoms with Crippen molar-refractivity contribution in [2.75, 3.05) is 20.0 Å². The Morgan fingerprint density at radius 3 is 2.00 bits per heavy atom. The molecule has 0 aromatic rings. The Labute approximate surface area is 152 Å². The minimum atomic E-state index is 0.324. The molecule has 0 unspecified atom stereocenters. The van der Waals surface area contributed by atoms with Crippen LogP contribution in [0.1, 0.15) is 64.7 Å². The molecule has 144 valence electrons. The Kier molecular flexibility index (Phi) is 10.2. The zero-order valence-electron chi connectivity index (χ0n) is 15.6. The largest absolute Gasteiger partial charge is 0.378 e. The lowest BCUT2D eigenvalue weighted by molar-refractivity contribution is -0.250. The third-order valence-corrected chi connectivity index (χ3v) is 5.12. The Balaban J connectivity index is 1.43. The van der Waals surface area contributed by atoms with Gasteiger partial charge in [0, 0.05) is 6.61 Å². The van der Waals surface area contributed by atoms with Crippen LogP contribution in [-0.4, -0.2) is 38.3 Å². The van der Waals surface area contributed by atoms with E-state index in [0.717, 1.165) is 38.0 Å². The first-order chi connectivity index (χ1) is 12.3. The molecule has 0 atom stereocenters. The van der Waals surface area contributed by atoms with E-state index in [-0.39, 0.29) is 0 Å². The Hall–Kier alpha value is -0.840. The number of ether oxygens (including phenoxy) is 3. The molecule has 5 heteroatoms. The topological polar surface area (TPSA) is 46.2 Å². The van der Waals surface area contributed by atoms with Gasteiger partial charge in [0.1, 0.15) is 6.79 Å². The quantitative estimate of drug-likeness (QED) is 0.136. The first kappa shape index (κ1) is 20.5. The summed E-state index contributed by atoms with van der Waals surface area (Å²) in [5, 5.41) is 0. The molecule has 0 aliphatic heterocycles. The highest BCUT2D eigenvalue weighted by molar-refractivity contribution is 4.73. The van der Waals surface area contributed by atoms with Gasteiger partial charge >= 0.3 is 0 Å². The summed E-state index contributed by atoms with van der Waals surface area (Å²) in [6, 6.07) is 0. The van der Waals surface area contributed by atoms with Crippen molar-refractivity contribution in [2.24, 2.45) is 5.92 Å². The maximum absolute atomic E-state index is 5.91. The van der Waals surface area contributed by atoms with Gasteiger partial charge in [-0.15, -0.1) is 0 Å². The molecule has 0 aromatic carbocycles. The maximum atomic E-state index is 5.91. The van der Waals surface area contributed by atoms with Crippen LogP contribution >= 0.6 is 0 Å². The lowest BCUT2D eigenvalue weighted by atomic mass is 9.89. The average Bonchev–Trinajstić information content (AvgIpc) is 2.64. The van der Waals surface area contributed by atoms with E-state index >= 15 is 0 Å². The van der Waals surface area contributed by atoms with E-state index in [0.29, 0.717) is 38.3 Å². The van der Waals surface area contributed by atoms with E-state index in [9.17, 15) is 0 Å². The van der Waals surface area contributed by atoms with Crippen LogP contribution in [0.25, 0.3) is 0 Å². The molecule has 0 radical (unpaired) electrons. The standard InChI is InChI=1S/C20H34O5/c1-3-13-24-25-15-4-14-21-18-9-11-20(12-10-18)23-16-22-19-7-5-17(2)6-8-19/h13,17-20H,1,4-12,14-16H2,2H3. The summed E-state index contributed by atoms with van der Waals surface area (Å²) in [6.45, 7) is 7.36. The Morgan fingerprint density at radius 1 is 0.840 bits per heavy atom. The van der Waals surface area contributed by atoms with Gasteiger partial charge in [-0.05, 0) is 63.7 Å². The van der Waals surface area contributed by atoms with E-state index < -0.39 is 0 Å². The van der Waals surface area contributed by atoms with E-state index in [1.807, 2.05) is 0 Å². The zero-order chi connectivity index (χ0) is 17.7. The molecule has 2 fully saturated rings. The van der Waals surface area contributed by atoms with Gasteiger partial charge in [-0.3, -0.25) is 0 Å². The third-order valence-electron chi connectivity index (χ3n) is 5.12. The summed E-state index contributed by atoms with van der Waals surface area (Å²) in [4.78, 5) is 9.60. The molecule has 0 N–H and O–H groups in total. The van der Waals surface area contributed by atoms with Crippen molar-refractivity contribution in [1.29, 1.82) is 0 Å². The summed E-state index contributed by atoms with van der Waals surface area (Å²) < 4.78 is 17.7. The SMILES string of the molecule is C=C=COOCCCOC1CCC(OCOC2CCC(C)CC2)CC1. The smallest absolute Gasteiger partial charge is 0.171 e. The molecule has 5 nitrogen and oxygen atoms in total. The van der Waals surface area contributed by atoms with Gasteiger partial charge in [0.2, 0.25) is 0 Å². The molecule has 0 heterocycles. The molecule has 0 amide bonds.